The number of hydrogen-bond donors (Lipinski definition) is 3. The summed E-state index contributed by atoms with van der Waals surface area (Å²) in [5.74, 6) is -1.62. The second kappa shape index (κ2) is 8.26. The number of carbonyl (C=O) groups excluding carboxylic acids is 1. The van der Waals surface area contributed by atoms with E-state index < -0.39 is 11.9 Å². The summed E-state index contributed by atoms with van der Waals surface area (Å²) in [6.07, 6.45) is 4.42. The van der Waals surface area contributed by atoms with E-state index in [9.17, 15) is 9.59 Å². The third-order valence-corrected chi connectivity index (χ3v) is 2.26. The van der Waals surface area contributed by atoms with Crippen LogP contribution in [0, 0.1) is 11.3 Å². The molecule has 3 N–H and O–H groups in total. The third kappa shape index (κ3) is 5.64. The molecule has 0 aromatic carbocycles. The lowest BCUT2D eigenvalue weighted by Gasteiger charge is -2.03. The lowest BCUT2D eigenvalue weighted by Crippen LogP contribution is -2.27. The summed E-state index contributed by atoms with van der Waals surface area (Å²) in [5, 5.41) is 22.5. The van der Waals surface area contributed by atoms with Gasteiger partial charge in [-0.1, -0.05) is 6.07 Å². The normalized spacial score (nSPS) is 10.4. The highest BCUT2D eigenvalue weighted by atomic mass is 16.4. The standard InChI is InChI=1S/C13H14N4O3/c14-6-11(13(20)17-5-3-12(18)19)9-16-8-10-2-1-4-15-7-10/h1-2,4,7,9,16H,3,5,8H2,(H,17,20)(H,18,19)/b11-9-. The summed E-state index contributed by atoms with van der Waals surface area (Å²) in [5.41, 5.74) is 0.798. The number of carboxylic acids is 1. The number of aromatic nitrogens is 1. The molecule has 1 amide bonds. The second-order valence-corrected chi connectivity index (χ2v) is 3.81. The Hall–Kier alpha value is -2.88. The molecule has 1 rings (SSSR count). The number of pyridine rings is 1. The molecular formula is C13H14N4O3. The molecule has 1 aromatic heterocycles. The van der Waals surface area contributed by atoms with Gasteiger partial charge in [0.1, 0.15) is 11.6 Å². The van der Waals surface area contributed by atoms with Crippen LogP contribution >= 0.6 is 0 Å². The van der Waals surface area contributed by atoms with E-state index in [0.29, 0.717) is 6.54 Å². The van der Waals surface area contributed by atoms with Crippen molar-refractivity contribution in [3.8, 4) is 6.07 Å². The molecule has 1 aromatic rings. The van der Waals surface area contributed by atoms with E-state index in [0.717, 1.165) is 5.56 Å². The Labute approximate surface area is 115 Å². The predicted octanol–water partition coefficient (Wildman–Crippen LogP) is 0.170. The molecule has 0 aliphatic heterocycles. The van der Waals surface area contributed by atoms with Gasteiger partial charge in [0, 0.05) is 31.7 Å². The van der Waals surface area contributed by atoms with Crippen LogP contribution in [0.25, 0.3) is 0 Å². The van der Waals surface area contributed by atoms with Gasteiger partial charge in [-0.2, -0.15) is 5.26 Å². The number of hydrogen-bond acceptors (Lipinski definition) is 5. The topological polar surface area (TPSA) is 115 Å². The minimum atomic E-state index is -1.01. The Balaban J connectivity index is 2.44. The van der Waals surface area contributed by atoms with Gasteiger partial charge in [0.2, 0.25) is 0 Å². The van der Waals surface area contributed by atoms with Gasteiger partial charge in [0.15, 0.2) is 0 Å². The van der Waals surface area contributed by atoms with Crippen molar-refractivity contribution in [2.45, 2.75) is 13.0 Å². The molecule has 0 unspecified atom stereocenters. The highest BCUT2D eigenvalue weighted by Crippen LogP contribution is 1.96. The summed E-state index contributed by atoms with van der Waals surface area (Å²) in [7, 11) is 0. The second-order valence-electron chi connectivity index (χ2n) is 3.81. The van der Waals surface area contributed by atoms with Crippen molar-refractivity contribution >= 4 is 11.9 Å². The van der Waals surface area contributed by atoms with Crippen molar-refractivity contribution in [1.82, 2.24) is 15.6 Å². The number of rotatable bonds is 7. The van der Waals surface area contributed by atoms with Crippen LogP contribution in [-0.2, 0) is 16.1 Å². The molecule has 0 aliphatic carbocycles. The number of carbonyl (C=O) groups is 2. The number of nitrogens with zero attached hydrogens (tertiary/aromatic N) is 2. The summed E-state index contributed by atoms with van der Waals surface area (Å²) >= 11 is 0. The predicted molar refractivity (Wildman–Crippen MR) is 70.0 cm³/mol. The monoisotopic (exact) mass is 274 g/mol. The molecule has 7 heteroatoms. The Kier molecular flexibility index (Phi) is 6.27. The summed E-state index contributed by atoms with van der Waals surface area (Å²) in [6.45, 7) is 0.414. The molecule has 0 saturated heterocycles. The average Bonchev–Trinajstić information content (AvgIpc) is 2.44. The van der Waals surface area contributed by atoms with E-state index in [4.69, 9.17) is 10.4 Å². The quantitative estimate of drug-likeness (QED) is 0.482. The van der Waals surface area contributed by atoms with Crippen LogP contribution in [-0.4, -0.2) is 28.5 Å². The minimum absolute atomic E-state index is 0.0181. The lowest BCUT2D eigenvalue weighted by atomic mass is 10.2. The first-order chi connectivity index (χ1) is 9.63. The molecule has 104 valence electrons. The van der Waals surface area contributed by atoms with Crippen LogP contribution in [0.4, 0.5) is 0 Å². The van der Waals surface area contributed by atoms with Crippen LogP contribution in [0.3, 0.4) is 0 Å². The molecule has 7 nitrogen and oxygen atoms in total. The Morgan fingerprint density at radius 1 is 1.50 bits per heavy atom. The van der Waals surface area contributed by atoms with Gasteiger partial charge in [-0.25, -0.2) is 0 Å². The lowest BCUT2D eigenvalue weighted by molar-refractivity contribution is -0.136. The fourth-order valence-corrected chi connectivity index (χ4v) is 1.30. The maximum Gasteiger partial charge on any atom is 0.305 e. The van der Waals surface area contributed by atoms with Crippen molar-refractivity contribution in [1.29, 1.82) is 5.26 Å². The smallest absolute Gasteiger partial charge is 0.305 e. The molecule has 0 atom stereocenters. The highest BCUT2D eigenvalue weighted by Gasteiger charge is 2.08. The van der Waals surface area contributed by atoms with E-state index in [1.54, 1.807) is 24.5 Å². The summed E-state index contributed by atoms with van der Waals surface area (Å²) in [4.78, 5) is 25.8. The first-order valence-electron chi connectivity index (χ1n) is 5.86. The number of amides is 1. The van der Waals surface area contributed by atoms with Crippen LogP contribution in [0.5, 0.6) is 0 Å². The van der Waals surface area contributed by atoms with Crippen molar-refractivity contribution in [3.63, 3.8) is 0 Å². The van der Waals surface area contributed by atoms with Gasteiger partial charge >= 0.3 is 5.97 Å². The minimum Gasteiger partial charge on any atom is -0.481 e. The van der Waals surface area contributed by atoms with E-state index in [2.05, 4.69) is 15.6 Å². The number of carboxylic acid groups (broad SMARTS) is 1. The zero-order chi connectivity index (χ0) is 14.8. The SMILES string of the molecule is N#C/C(=C/NCc1cccnc1)C(=O)NCCC(=O)O. The van der Waals surface area contributed by atoms with Crippen molar-refractivity contribution in [2.75, 3.05) is 6.54 Å². The largest absolute Gasteiger partial charge is 0.481 e. The maximum atomic E-state index is 11.6. The zero-order valence-corrected chi connectivity index (χ0v) is 10.7. The van der Waals surface area contributed by atoms with Crippen LogP contribution in [0.2, 0.25) is 0 Å². The molecule has 0 spiro atoms. The van der Waals surface area contributed by atoms with Gasteiger partial charge in [-0.15, -0.1) is 0 Å². The molecule has 0 radical (unpaired) electrons. The molecule has 0 aliphatic rings. The third-order valence-electron chi connectivity index (χ3n) is 2.26. The van der Waals surface area contributed by atoms with Gasteiger partial charge < -0.3 is 15.7 Å². The van der Waals surface area contributed by atoms with Crippen LogP contribution in [0.1, 0.15) is 12.0 Å². The van der Waals surface area contributed by atoms with Gasteiger partial charge in [0.25, 0.3) is 5.91 Å². The van der Waals surface area contributed by atoms with Gasteiger partial charge in [-0.3, -0.25) is 14.6 Å². The van der Waals surface area contributed by atoms with Crippen LogP contribution < -0.4 is 10.6 Å². The zero-order valence-electron chi connectivity index (χ0n) is 10.7. The van der Waals surface area contributed by atoms with Crippen LogP contribution in [0.15, 0.2) is 36.3 Å². The number of aliphatic carboxylic acids is 1. The summed E-state index contributed by atoms with van der Waals surface area (Å²) in [6, 6.07) is 5.39. The first-order valence-corrected chi connectivity index (χ1v) is 5.86. The van der Waals surface area contributed by atoms with Crippen molar-refractivity contribution in [3.05, 3.63) is 41.9 Å². The molecule has 0 saturated carbocycles. The fourth-order valence-electron chi connectivity index (χ4n) is 1.30. The molecular weight excluding hydrogens is 260 g/mol. The number of nitrogens with one attached hydrogen (secondary N) is 2. The molecule has 0 fully saturated rings. The molecule has 0 bridgehead atoms. The molecule has 1 heterocycles. The summed E-state index contributed by atoms with van der Waals surface area (Å²) < 4.78 is 0. The molecule has 20 heavy (non-hydrogen) atoms. The van der Waals surface area contributed by atoms with Gasteiger partial charge in [0.05, 0.1) is 6.42 Å². The van der Waals surface area contributed by atoms with Crippen molar-refractivity contribution < 1.29 is 14.7 Å². The Morgan fingerprint density at radius 2 is 2.30 bits per heavy atom. The van der Waals surface area contributed by atoms with E-state index in [1.165, 1.54) is 6.20 Å². The van der Waals surface area contributed by atoms with Gasteiger partial charge in [-0.05, 0) is 11.6 Å². The van der Waals surface area contributed by atoms with E-state index >= 15 is 0 Å². The van der Waals surface area contributed by atoms with Crippen molar-refractivity contribution in [2.24, 2.45) is 0 Å². The fraction of sp³-hybridized carbons (Fsp3) is 0.231. The average molecular weight is 274 g/mol. The van der Waals surface area contributed by atoms with E-state index in [1.807, 2.05) is 6.07 Å². The Bertz CT molecular complexity index is 534. The Morgan fingerprint density at radius 3 is 2.90 bits per heavy atom. The van der Waals surface area contributed by atoms with E-state index in [-0.39, 0.29) is 18.5 Å². The maximum absolute atomic E-state index is 11.6. The first kappa shape index (κ1) is 15.2. The highest BCUT2D eigenvalue weighted by molar-refractivity contribution is 5.97. The number of nitriles is 1.